The van der Waals surface area contributed by atoms with Gasteiger partial charge in [0, 0.05) is 34.5 Å². The molecule has 1 saturated heterocycles. The van der Waals surface area contributed by atoms with Gasteiger partial charge in [-0.3, -0.25) is 4.90 Å². The maximum absolute atomic E-state index is 6.26. The van der Waals surface area contributed by atoms with Crippen LogP contribution < -0.4 is 5.73 Å². The van der Waals surface area contributed by atoms with Gasteiger partial charge in [-0.1, -0.05) is 6.92 Å². The molecule has 4 unspecified atom stereocenters. The van der Waals surface area contributed by atoms with Gasteiger partial charge in [0.2, 0.25) is 0 Å². The minimum Gasteiger partial charge on any atom is -0.326 e. The molecule has 1 aliphatic heterocycles. The summed E-state index contributed by atoms with van der Waals surface area (Å²) in [6.07, 6.45) is 0. The first-order valence-electron chi connectivity index (χ1n) is 6.39. The molecule has 0 amide bonds. The minimum absolute atomic E-state index is 0.160. The number of hydrogen-bond acceptors (Lipinski definition) is 4. The number of rotatable bonds is 3. The molecule has 2 nitrogen and oxygen atoms in total. The van der Waals surface area contributed by atoms with Gasteiger partial charge in [0.1, 0.15) is 0 Å². The number of nitrogens with two attached hydrogens (primary N) is 1. The zero-order valence-corrected chi connectivity index (χ0v) is 14.3. The Morgan fingerprint density at radius 3 is 2.72 bits per heavy atom. The topological polar surface area (TPSA) is 29.3 Å². The molecule has 18 heavy (non-hydrogen) atoms. The summed E-state index contributed by atoms with van der Waals surface area (Å²) < 4.78 is 1.19. The van der Waals surface area contributed by atoms with Crippen LogP contribution in [0.4, 0.5) is 0 Å². The molecule has 5 heteroatoms. The van der Waals surface area contributed by atoms with Crippen LogP contribution in [-0.2, 0) is 0 Å². The summed E-state index contributed by atoms with van der Waals surface area (Å²) in [4.78, 5) is 3.97. The van der Waals surface area contributed by atoms with E-state index in [0.717, 1.165) is 6.54 Å². The van der Waals surface area contributed by atoms with Crippen LogP contribution in [0.2, 0.25) is 0 Å². The molecule has 0 radical (unpaired) electrons. The summed E-state index contributed by atoms with van der Waals surface area (Å²) in [5, 5.41) is 0.684. The van der Waals surface area contributed by atoms with E-state index in [2.05, 4.69) is 65.5 Å². The summed E-state index contributed by atoms with van der Waals surface area (Å²) in [6.45, 7) is 7.91. The van der Waals surface area contributed by atoms with Crippen molar-refractivity contribution < 1.29 is 0 Å². The van der Waals surface area contributed by atoms with Crippen LogP contribution in [0.25, 0.3) is 0 Å². The Bertz CT molecular complexity index is 394. The molecule has 2 rings (SSSR count). The summed E-state index contributed by atoms with van der Waals surface area (Å²) in [6, 6.07) is 5.43. The fourth-order valence-corrected chi connectivity index (χ4v) is 5.34. The van der Waals surface area contributed by atoms with Gasteiger partial charge in [-0.15, -0.1) is 11.3 Å². The average molecular weight is 349 g/mol. The number of nitrogens with zero attached hydrogens (tertiary/aromatic N) is 1. The molecule has 0 saturated carbocycles. The van der Waals surface area contributed by atoms with Crippen LogP contribution in [0.5, 0.6) is 0 Å². The van der Waals surface area contributed by atoms with Crippen LogP contribution in [0.3, 0.4) is 0 Å². The molecule has 1 aliphatic rings. The fraction of sp³-hybridized carbons (Fsp3) is 0.692. The normalized spacial score (nSPS) is 29.2. The zero-order chi connectivity index (χ0) is 13.3. The number of thioether (sulfide) groups is 1. The van der Waals surface area contributed by atoms with Gasteiger partial charge in [0.25, 0.3) is 0 Å². The maximum atomic E-state index is 6.26. The maximum Gasteiger partial charge on any atom is 0.0702 e. The zero-order valence-electron chi connectivity index (χ0n) is 11.1. The highest BCUT2D eigenvalue weighted by Crippen LogP contribution is 2.37. The molecule has 2 heterocycles. The SMILES string of the molecule is CC(N)C(c1ccc(Br)s1)N1CCSC(C)C1C. The molecule has 2 N–H and O–H groups in total. The lowest BCUT2D eigenvalue weighted by Crippen LogP contribution is -2.50. The van der Waals surface area contributed by atoms with E-state index in [1.807, 2.05) is 11.3 Å². The second kappa shape index (κ2) is 6.27. The fourth-order valence-electron chi connectivity index (χ4n) is 2.56. The van der Waals surface area contributed by atoms with Crippen molar-refractivity contribution in [2.45, 2.75) is 44.1 Å². The summed E-state index contributed by atoms with van der Waals surface area (Å²) in [5.41, 5.74) is 6.26. The van der Waals surface area contributed by atoms with Crippen molar-refractivity contribution in [1.82, 2.24) is 4.90 Å². The molecule has 1 aromatic heterocycles. The Morgan fingerprint density at radius 2 is 2.17 bits per heavy atom. The van der Waals surface area contributed by atoms with Crippen molar-refractivity contribution in [3.63, 3.8) is 0 Å². The van der Waals surface area contributed by atoms with Crippen LogP contribution in [0.15, 0.2) is 15.9 Å². The van der Waals surface area contributed by atoms with Crippen LogP contribution >= 0.6 is 39.0 Å². The molecule has 0 spiro atoms. The molecule has 4 atom stereocenters. The second-order valence-electron chi connectivity index (χ2n) is 5.00. The van der Waals surface area contributed by atoms with E-state index < -0.39 is 0 Å². The minimum atomic E-state index is 0.160. The molecule has 102 valence electrons. The van der Waals surface area contributed by atoms with E-state index in [1.54, 1.807) is 0 Å². The Labute approximate surface area is 126 Å². The van der Waals surface area contributed by atoms with E-state index in [4.69, 9.17) is 5.73 Å². The predicted molar refractivity (Wildman–Crippen MR) is 86.5 cm³/mol. The van der Waals surface area contributed by atoms with Crippen LogP contribution in [0.1, 0.15) is 31.7 Å². The van der Waals surface area contributed by atoms with Gasteiger partial charge < -0.3 is 5.73 Å². The van der Waals surface area contributed by atoms with E-state index in [1.165, 1.54) is 14.4 Å². The number of halogens is 1. The first-order chi connectivity index (χ1) is 8.50. The first-order valence-corrected chi connectivity index (χ1v) is 9.04. The molecule has 0 aromatic carbocycles. The average Bonchev–Trinajstić information content (AvgIpc) is 2.71. The van der Waals surface area contributed by atoms with E-state index in [-0.39, 0.29) is 6.04 Å². The molecule has 0 aliphatic carbocycles. The van der Waals surface area contributed by atoms with Crippen LogP contribution in [-0.4, -0.2) is 34.5 Å². The van der Waals surface area contributed by atoms with Gasteiger partial charge in [0.05, 0.1) is 9.83 Å². The number of hydrogen-bond donors (Lipinski definition) is 1. The lowest BCUT2D eigenvalue weighted by molar-refractivity contribution is 0.132. The molecular weight excluding hydrogens is 328 g/mol. The van der Waals surface area contributed by atoms with Crippen molar-refractivity contribution in [3.8, 4) is 0 Å². The smallest absolute Gasteiger partial charge is 0.0702 e. The molecule has 0 bridgehead atoms. The Hall–Kier alpha value is 0.450. The molecular formula is C13H21BrN2S2. The van der Waals surface area contributed by atoms with E-state index in [9.17, 15) is 0 Å². The van der Waals surface area contributed by atoms with E-state index >= 15 is 0 Å². The van der Waals surface area contributed by atoms with Crippen LogP contribution in [0, 0.1) is 0 Å². The van der Waals surface area contributed by atoms with Gasteiger partial charge in [-0.2, -0.15) is 11.8 Å². The molecule has 1 aromatic rings. The van der Waals surface area contributed by atoms with Gasteiger partial charge in [-0.05, 0) is 41.9 Å². The third-order valence-corrected chi connectivity index (χ3v) is 6.71. The Morgan fingerprint density at radius 1 is 1.44 bits per heavy atom. The Kier molecular flexibility index (Phi) is 5.17. The summed E-state index contributed by atoms with van der Waals surface area (Å²) in [7, 11) is 0. The third-order valence-electron chi connectivity index (χ3n) is 3.67. The summed E-state index contributed by atoms with van der Waals surface area (Å²) in [5.74, 6) is 1.21. The summed E-state index contributed by atoms with van der Waals surface area (Å²) >= 11 is 7.44. The van der Waals surface area contributed by atoms with Crippen molar-refractivity contribution in [2.75, 3.05) is 12.3 Å². The molecule has 1 fully saturated rings. The van der Waals surface area contributed by atoms with Crippen molar-refractivity contribution in [3.05, 3.63) is 20.8 Å². The monoisotopic (exact) mass is 348 g/mol. The van der Waals surface area contributed by atoms with Crippen molar-refractivity contribution in [2.24, 2.45) is 5.73 Å². The lowest BCUT2D eigenvalue weighted by Gasteiger charge is -2.43. The highest BCUT2D eigenvalue weighted by molar-refractivity contribution is 9.11. The second-order valence-corrected chi connectivity index (χ2v) is 8.98. The highest BCUT2D eigenvalue weighted by Gasteiger charge is 2.33. The largest absolute Gasteiger partial charge is 0.326 e. The van der Waals surface area contributed by atoms with Crippen molar-refractivity contribution >= 4 is 39.0 Å². The van der Waals surface area contributed by atoms with Gasteiger partial charge in [0.15, 0.2) is 0 Å². The number of thiophene rings is 1. The standard InChI is InChI=1S/C13H21BrN2S2/c1-8(15)13(11-4-5-12(14)18-11)16-6-7-17-10(3)9(16)2/h4-5,8-10,13H,6-7,15H2,1-3H3. The highest BCUT2D eigenvalue weighted by atomic mass is 79.9. The quantitative estimate of drug-likeness (QED) is 0.902. The first kappa shape index (κ1) is 14.9. The van der Waals surface area contributed by atoms with Gasteiger partial charge in [-0.25, -0.2) is 0 Å². The Balaban J connectivity index is 2.24. The van der Waals surface area contributed by atoms with Crippen molar-refractivity contribution in [1.29, 1.82) is 0 Å². The lowest BCUT2D eigenvalue weighted by atomic mass is 10.0. The predicted octanol–water partition coefficient (Wildman–Crippen LogP) is 3.72. The third kappa shape index (κ3) is 3.12. The van der Waals surface area contributed by atoms with Gasteiger partial charge >= 0.3 is 0 Å². The van der Waals surface area contributed by atoms with E-state index in [0.29, 0.717) is 17.3 Å².